The Bertz CT molecular complexity index is 2540. The van der Waals surface area contributed by atoms with Crippen LogP contribution in [0.3, 0.4) is 0 Å². The molecule has 1 aliphatic rings. The van der Waals surface area contributed by atoms with Crippen molar-refractivity contribution in [2.75, 3.05) is 36.1 Å². The van der Waals surface area contributed by atoms with E-state index in [2.05, 4.69) is 75.2 Å². The molecule has 0 bridgehead atoms. The maximum Gasteiger partial charge on any atom is 0.324 e. The van der Waals surface area contributed by atoms with Crippen LogP contribution in [0.2, 0.25) is 0 Å². The van der Waals surface area contributed by atoms with Crippen molar-refractivity contribution in [3.05, 3.63) is 108 Å². The third-order valence-corrected chi connectivity index (χ3v) is 11.8. The van der Waals surface area contributed by atoms with Crippen molar-refractivity contribution in [3.63, 3.8) is 0 Å². The second kappa shape index (κ2) is 16.5. The summed E-state index contributed by atoms with van der Waals surface area (Å²) < 4.78 is 20.2. The lowest BCUT2D eigenvalue weighted by atomic mass is 9.72. The van der Waals surface area contributed by atoms with E-state index in [9.17, 15) is 5.11 Å². The fourth-order valence-corrected chi connectivity index (χ4v) is 7.55. The summed E-state index contributed by atoms with van der Waals surface area (Å²) in [6.07, 6.45) is 11.4. The molecule has 1 fully saturated rings. The number of nitrogens with zero attached hydrogens (tertiary/aromatic N) is 11. The van der Waals surface area contributed by atoms with Gasteiger partial charge in [-0.2, -0.15) is 15.1 Å². The normalized spacial score (nSPS) is 15.5. The fraction of sp³-hybridized carbons (Fsp3) is 0.386. The topological polar surface area (TPSA) is 232 Å². The monoisotopic (exact) mass is 825 g/mol. The highest BCUT2D eigenvalue weighted by Crippen LogP contribution is 2.40. The number of benzene rings is 2. The van der Waals surface area contributed by atoms with Crippen molar-refractivity contribution in [1.82, 2.24) is 50.0 Å². The van der Waals surface area contributed by atoms with E-state index in [1.54, 1.807) is 31.0 Å². The van der Waals surface area contributed by atoms with Gasteiger partial charge in [0.05, 0.1) is 47.4 Å². The van der Waals surface area contributed by atoms with Crippen molar-refractivity contribution in [2.24, 2.45) is 5.92 Å². The molecule has 0 amide bonds. The highest BCUT2D eigenvalue weighted by molar-refractivity contribution is 5.64. The third kappa shape index (κ3) is 8.70. The van der Waals surface area contributed by atoms with Crippen LogP contribution in [0.5, 0.6) is 0 Å². The summed E-state index contributed by atoms with van der Waals surface area (Å²) in [4.78, 5) is 28.3. The van der Waals surface area contributed by atoms with Crippen LogP contribution in [-0.4, -0.2) is 86.5 Å². The molecule has 0 spiro atoms. The van der Waals surface area contributed by atoms with Crippen molar-refractivity contribution in [3.8, 4) is 33.7 Å². The smallest absolute Gasteiger partial charge is 0.324 e. The van der Waals surface area contributed by atoms with E-state index >= 15 is 0 Å². The fourth-order valence-electron chi connectivity index (χ4n) is 7.55. The molecule has 1 saturated heterocycles. The minimum Gasteiger partial charge on any atom is -0.393 e. The number of nitrogen functional groups attached to an aromatic ring is 2. The predicted octanol–water partition coefficient (Wildman–Crippen LogP) is 6.12. The molecule has 0 radical (unpaired) electrons. The van der Waals surface area contributed by atoms with E-state index in [0.29, 0.717) is 68.2 Å². The molecule has 1 unspecified atom stereocenters. The first-order chi connectivity index (χ1) is 29.2. The van der Waals surface area contributed by atoms with E-state index in [1.165, 1.54) is 0 Å². The van der Waals surface area contributed by atoms with Crippen LogP contribution in [0.15, 0.2) is 94.8 Å². The van der Waals surface area contributed by atoms with Gasteiger partial charge in [-0.3, -0.25) is 4.68 Å². The maximum absolute atomic E-state index is 10.1. The summed E-state index contributed by atoms with van der Waals surface area (Å²) >= 11 is 0. The van der Waals surface area contributed by atoms with Gasteiger partial charge in [-0.25, -0.2) is 19.9 Å². The first kappa shape index (κ1) is 41.2. The van der Waals surface area contributed by atoms with Crippen molar-refractivity contribution < 1.29 is 18.9 Å². The summed E-state index contributed by atoms with van der Waals surface area (Å²) in [6, 6.07) is 16.8. The second-order valence-electron chi connectivity index (χ2n) is 17.1. The molecular weight excluding hydrogens is 775 g/mol. The van der Waals surface area contributed by atoms with Gasteiger partial charge >= 0.3 is 6.01 Å². The van der Waals surface area contributed by atoms with Gasteiger partial charge in [0.25, 0.3) is 5.89 Å². The standard InChI is InChI=1S/C44H51N13O4/c1-27(44(6,38-53-41(61-55-38)56-17-15-35(58)16-18-56)34-13-9-29(10-14-34)31-21-49-40(46)50-22-31)25-59-42(2,3)26-57-24-32(23-51-57)36-52-37(54-60-36)43(4,5)33-11-7-28(8-12-33)30-19-47-39(45)48-20-30/h7-14,19-24,27,35,58H,15-18,25-26H2,1-6H3,(H2,45,47,48)(H2,46,49,50)/t27?,44-/m0/s1. The number of ether oxygens (including phenoxy) is 1. The van der Waals surface area contributed by atoms with Gasteiger partial charge in [0.1, 0.15) is 0 Å². The molecule has 5 N–H and O–H groups in total. The Morgan fingerprint density at radius 1 is 0.721 bits per heavy atom. The lowest BCUT2D eigenvalue weighted by molar-refractivity contribution is -0.0535. The summed E-state index contributed by atoms with van der Waals surface area (Å²) in [5.74, 6) is 1.83. The van der Waals surface area contributed by atoms with E-state index in [-0.39, 0.29) is 23.9 Å². The maximum atomic E-state index is 10.1. The van der Waals surface area contributed by atoms with Crippen LogP contribution < -0.4 is 16.4 Å². The zero-order chi connectivity index (χ0) is 42.9. The number of piperidine rings is 1. The molecule has 7 aromatic rings. The van der Waals surface area contributed by atoms with Crippen LogP contribution in [0.25, 0.3) is 33.7 Å². The zero-order valence-electron chi connectivity index (χ0n) is 35.2. The number of hydrogen-bond donors (Lipinski definition) is 3. The van der Waals surface area contributed by atoms with E-state index in [4.69, 9.17) is 35.2 Å². The molecular formula is C44H51N13O4. The van der Waals surface area contributed by atoms with Crippen LogP contribution in [0, 0.1) is 5.92 Å². The number of hydrogen-bond acceptors (Lipinski definition) is 16. The summed E-state index contributed by atoms with van der Waals surface area (Å²) in [7, 11) is 0. The second-order valence-corrected chi connectivity index (χ2v) is 17.1. The number of aromatic nitrogens is 10. The Balaban J connectivity index is 0.958. The highest BCUT2D eigenvalue weighted by Gasteiger charge is 2.41. The molecule has 2 atom stereocenters. The number of nitrogens with two attached hydrogens (primary N) is 2. The van der Waals surface area contributed by atoms with Crippen molar-refractivity contribution in [2.45, 2.75) is 83.5 Å². The minimum absolute atomic E-state index is 0.109. The molecule has 2 aromatic carbocycles. The predicted molar refractivity (Wildman–Crippen MR) is 229 cm³/mol. The van der Waals surface area contributed by atoms with E-state index < -0.39 is 16.4 Å². The summed E-state index contributed by atoms with van der Waals surface area (Å²) in [5, 5.41) is 23.6. The number of aliphatic hydroxyl groups is 1. The minimum atomic E-state index is -0.709. The van der Waals surface area contributed by atoms with Gasteiger partial charge in [-0.05, 0) is 75.6 Å². The van der Waals surface area contributed by atoms with Crippen LogP contribution in [0.4, 0.5) is 17.9 Å². The van der Waals surface area contributed by atoms with Gasteiger partial charge < -0.3 is 35.3 Å². The largest absolute Gasteiger partial charge is 0.393 e. The Hall–Kier alpha value is -6.59. The lowest BCUT2D eigenvalue weighted by Crippen LogP contribution is -2.40. The quantitative estimate of drug-likeness (QED) is 0.112. The SMILES string of the molecule is CC(COC(C)(C)Cn1cc(-c2nc(C(C)(C)c3ccc(-c4cnc(N)nc4)cc3)no2)cn1)[C@@](C)(c1ccc(-c2cnc(N)nc2)cc1)c1noc(N2CCC(O)CC2)n1. The highest BCUT2D eigenvalue weighted by atomic mass is 16.5. The Kier molecular flexibility index (Phi) is 11.1. The van der Waals surface area contributed by atoms with Crippen molar-refractivity contribution in [1.29, 1.82) is 0 Å². The van der Waals surface area contributed by atoms with Crippen LogP contribution in [-0.2, 0) is 22.1 Å². The van der Waals surface area contributed by atoms with Crippen LogP contribution >= 0.6 is 0 Å². The molecule has 6 heterocycles. The zero-order valence-corrected chi connectivity index (χ0v) is 35.2. The Morgan fingerprint density at radius 2 is 1.28 bits per heavy atom. The molecule has 17 heteroatoms. The summed E-state index contributed by atoms with van der Waals surface area (Å²) in [5.41, 5.74) is 15.9. The molecule has 1 aliphatic heterocycles. The van der Waals surface area contributed by atoms with Gasteiger partial charge in [-0.1, -0.05) is 65.8 Å². The van der Waals surface area contributed by atoms with Gasteiger partial charge in [0.15, 0.2) is 11.6 Å². The molecule has 17 nitrogen and oxygen atoms in total. The first-order valence-electron chi connectivity index (χ1n) is 20.3. The van der Waals surface area contributed by atoms with Gasteiger partial charge in [-0.15, -0.1) is 0 Å². The summed E-state index contributed by atoms with van der Waals surface area (Å²) in [6.45, 7) is 14.6. The Morgan fingerprint density at radius 3 is 1.87 bits per heavy atom. The van der Waals surface area contributed by atoms with E-state index in [1.807, 2.05) is 66.0 Å². The molecule has 0 aliphatic carbocycles. The number of anilines is 3. The van der Waals surface area contributed by atoms with Crippen molar-refractivity contribution >= 4 is 17.9 Å². The number of aliphatic hydroxyl groups excluding tert-OH is 1. The Labute approximate surface area is 353 Å². The average Bonchev–Trinajstić information content (AvgIpc) is 4.06. The van der Waals surface area contributed by atoms with Gasteiger partial charge in [0.2, 0.25) is 11.9 Å². The molecule has 8 rings (SSSR count). The molecule has 316 valence electrons. The molecule has 0 saturated carbocycles. The first-order valence-corrected chi connectivity index (χ1v) is 20.3. The van der Waals surface area contributed by atoms with E-state index in [0.717, 1.165) is 33.4 Å². The number of rotatable bonds is 14. The third-order valence-electron chi connectivity index (χ3n) is 11.8. The average molecular weight is 826 g/mol. The van der Waals surface area contributed by atoms with Gasteiger partial charge in [0, 0.05) is 55.2 Å². The molecule has 5 aromatic heterocycles. The molecule has 61 heavy (non-hydrogen) atoms. The lowest BCUT2D eigenvalue weighted by Gasteiger charge is -2.36. The van der Waals surface area contributed by atoms with Crippen LogP contribution in [0.1, 0.15) is 77.2 Å².